The molecule has 2 amide bonds. The highest BCUT2D eigenvalue weighted by Crippen LogP contribution is 2.27. The van der Waals surface area contributed by atoms with Crippen LogP contribution in [0.25, 0.3) is 0 Å². The molecule has 2 aromatic carbocycles. The van der Waals surface area contributed by atoms with E-state index in [4.69, 9.17) is 5.73 Å². The fourth-order valence-corrected chi connectivity index (χ4v) is 2.80. The van der Waals surface area contributed by atoms with Gasteiger partial charge >= 0.3 is 0 Å². The molecular weight excluding hydrogens is 322 g/mol. The monoisotopic (exact) mass is 343 g/mol. The number of hydrogen-bond donors (Lipinski definition) is 3. The molecule has 1 atom stereocenters. The average Bonchev–Trinajstić information content (AvgIpc) is 2.56. The van der Waals surface area contributed by atoms with Gasteiger partial charge in [-0.2, -0.15) is 0 Å². The van der Waals surface area contributed by atoms with Crippen LogP contribution in [-0.2, 0) is 9.59 Å². The fraction of sp³-hybridized carbons (Fsp3) is 0.222. The van der Waals surface area contributed by atoms with E-state index in [9.17, 15) is 9.59 Å². The Bertz CT molecular complexity index is 716. The third-order valence-corrected chi connectivity index (χ3v) is 4.44. The van der Waals surface area contributed by atoms with Crippen molar-refractivity contribution in [2.45, 2.75) is 24.8 Å². The van der Waals surface area contributed by atoms with E-state index in [2.05, 4.69) is 10.6 Å². The van der Waals surface area contributed by atoms with Gasteiger partial charge in [-0.3, -0.25) is 9.59 Å². The Morgan fingerprint density at radius 2 is 1.79 bits per heavy atom. The third kappa shape index (κ3) is 5.31. The minimum absolute atomic E-state index is 0.131. The second-order valence-electron chi connectivity index (χ2n) is 5.47. The SMILES string of the molecule is Cc1ccc(NC(=O)[C@H](C)Nc2ccccc2SCC(N)=O)cc1. The first kappa shape index (κ1) is 17.9. The standard InChI is InChI=1S/C18H21N3O2S/c1-12-7-9-14(10-8-12)21-18(23)13(2)20-15-5-3-4-6-16(15)24-11-17(19)22/h3-10,13,20H,11H2,1-2H3,(H2,19,22)(H,21,23)/t13-/m0/s1. The molecule has 4 N–H and O–H groups in total. The lowest BCUT2D eigenvalue weighted by molar-refractivity contribution is -0.117. The van der Waals surface area contributed by atoms with Crippen molar-refractivity contribution in [3.05, 3.63) is 54.1 Å². The van der Waals surface area contributed by atoms with Crippen LogP contribution in [0.2, 0.25) is 0 Å². The first-order valence-corrected chi connectivity index (χ1v) is 8.58. The molecule has 5 nitrogen and oxygen atoms in total. The van der Waals surface area contributed by atoms with Crippen molar-refractivity contribution in [2.24, 2.45) is 5.73 Å². The highest BCUT2D eigenvalue weighted by atomic mass is 32.2. The Labute approximate surface area is 146 Å². The molecule has 0 unspecified atom stereocenters. The molecule has 0 aliphatic rings. The minimum Gasteiger partial charge on any atom is -0.373 e. The number of hydrogen-bond acceptors (Lipinski definition) is 4. The zero-order chi connectivity index (χ0) is 17.5. The lowest BCUT2D eigenvalue weighted by atomic mass is 10.2. The van der Waals surface area contributed by atoms with Gasteiger partial charge in [-0.1, -0.05) is 29.8 Å². The maximum Gasteiger partial charge on any atom is 0.246 e. The molecule has 0 fully saturated rings. The summed E-state index contributed by atoms with van der Waals surface area (Å²) in [5.41, 5.74) is 7.89. The Kier molecular flexibility index (Phi) is 6.26. The molecule has 0 heterocycles. The van der Waals surface area contributed by atoms with Crippen molar-refractivity contribution in [1.29, 1.82) is 0 Å². The van der Waals surface area contributed by atoms with E-state index < -0.39 is 6.04 Å². The van der Waals surface area contributed by atoms with E-state index in [1.165, 1.54) is 11.8 Å². The van der Waals surface area contributed by atoms with Gasteiger partial charge in [0.1, 0.15) is 6.04 Å². The molecule has 0 saturated heterocycles. The van der Waals surface area contributed by atoms with Gasteiger partial charge in [0, 0.05) is 16.3 Å². The van der Waals surface area contributed by atoms with E-state index in [1.54, 1.807) is 6.92 Å². The summed E-state index contributed by atoms with van der Waals surface area (Å²) in [6.07, 6.45) is 0. The molecule has 24 heavy (non-hydrogen) atoms. The van der Waals surface area contributed by atoms with Crippen LogP contribution in [0, 0.1) is 6.92 Å². The predicted octanol–water partition coefficient (Wildman–Crippen LogP) is 3.01. The van der Waals surface area contributed by atoms with E-state index in [1.807, 2.05) is 55.5 Å². The molecule has 2 aromatic rings. The first-order chi connectivity index (χ1) is 11.5. The van der Waals surface area contributed by atoms with Crippen molar-refractivity contribution in [3.8, 4) is 0 Å². The molecule has 0 aliphatic carbocycles. The second-order valence-corrected chi connectivity index (χ2v) is 6.49. The van der Waals surface area contributed by atoms with Gasteiger partial charge < -0.3 is 16.4 Å². The Morgan fingerprint density at radius 3 is 2.46 bits per heavy atom. The van der Waals surface area contributed by atoms with Crippen LogP contribution in [0.15, 0.2) is 53.4 Å². The van der Waals surface area contributed by atoms with Crippen molar-refractivity contribution >= 4 is 35.0 Å². The number of nitrogens with two attached hydrogens (primary N) is 1. The van der Waals surface area contributed by atoms with Crippen LogP contribution in [0.5, 0.6) is 0 Å². The number of para-hydroxylation sites is 1. The fourth-order valence-electron chi connectivity index (χ4n) is 2.05. The Morgan fingerprint density at radius 1 is 1.12 bits per heavy atom. The van der Waals surface area contributed by atoms with Crippen molar-refractivity contribution in [3.63, 3.8) is 0 Å². The highest BCUT2D eigenvalue weighted by Gasteiger charge is 2.14. The molecule has 0 bridgehead atoms. The number of amides is 2. The topological polar surface area (TPSA) is 84.2 Å². The summed E-state index contributed by atoms with van der Waals surface area (Å²) in [5.74, 6) is -0.309. The number of rotatable bonds is 7. The van der Waals surface area contributed by atoms with E-state index in [0.717, 1.165) is 21.8 Å². The molecule has 0 aromatic heterocycles. The second kappa shape index (κ2) is 8.40. The number of carbonyl (C=O) groups excluding carboxylic acids is 2. The van der Waals surface area contributed by atoms with Gasteiger partial charge in [0.25, 0.3) is 0 Å². The van der Waals surface area contributed by atoms with Crippen molar-refractivity contribution < 1.29 is 9.59 Å². The number of primary amides is 1. The first-order valence-electron chi connectivity index (χ1n) is 7.60. The summed E-state index contributed by atoms with van der Waals surface area (Å²) >= 11 is 1.35. The Hall–Kier alpha value is -2.47. The number of benzene rings is 2. The number of thioether (sulfide) groups is 1. The van der Waals surface area contributed by atoms with E-state index in [0.29, 0.717) is 0 Å². The van der Waals surface area contributed by atoms with Crippen LogP contribution in [0.1, 0.15) is 12.5 Å². The predicted molar refractivity (Wildman–Crippen MR) is 99.3 cm³/mol. The molecule has 2 rings (SSSR count). The van der Waals surface area contributed by atoms with Crippen molar-refractivity contribution in [2.75, 3.05) is 16.4 Å². The molecule has 6 heteroatoms. The van der Waals surface area contributed by atoms with Gasteiger partial charge in [0.15, 0.2) is 0 Å². The molecular formula is C18H21N3O2S. The third-order valence-electron chi connectivity index (χ3n) is 3.34. The summed E-state index contributed by atoms with van der Waals surface area (Å²) in [7, 11) is 0. The molecule has 0 spiro atoms. The summed E-state index contributed by atoms with van der Waals surface area (Å²) in [4.78, 5) is 24.2. The normalized spacial score (nSPS) is 11.6. The minimum atomic E-state index is -0.429. The van der Waals surface area contributed by atoms with E-state index in [-0.39, 0.29) is 17.6 Å². The van der Waals surface area contributed by atoms with Gasteiger partial charge in [-0.05, 0) is 38.1 Å². The number of nitrogens with one attached hydrogen (secondary N) is 2. The number of aryl methyl sites for hydroxylation is 1. The molecule has 0 aliphatic heterocycles. The lowest BCUT2D eigenvalue weighted by Gasteiger charge is -2.17. The molecule has 126 valence electrons. The van der Waals surface area contributed by atoms with Gasteiger partial charge in [0.05, 0.1) is 5.75 Å². The van der Waals surface area contributed by atoms with Gasteiger partial charge in [-0.15, -0.1) is 11.8 Å². The molecule has 0 saturated carbocycles. The van der Waals surface area contributed by atoms with E-state index >= 15 is 0 Å². The lowest BCUT2D eigenvalue weighted by Crippen LogP contribution is -2.32. The smallest absolute Gasteiger partial charge is 0.246 e. The average molecular weight is 343 g/mol. The zero-order valence-electron chi connectivity index (χ0n) is 13.7. The van der Waals surface area contributed by atoms with Crippen LogP contribution >= 0.6 is 11.8 Å². The summed E-state index contributed by atoms with van der Waals surface area (Å²) in [5, 5.41) is 6.06. The van der Waals surface area contributed by atoms with Gasteiger partial charge in [-0.25, -0.2) is 0 Å². The van der Waals surface area contributed by atoms with Gasteiger partial charge in [0.2, 0.25) is 11.8 Å². The number of carbonyl (C=O) groups is 2. The maximum absolute atomic E-state index is 12.3. The summed E-state index contributed by atoms with van der Waals surface area (Å²) in [6, 6.07) is 14.7. The van der Waals surface area contributed by atoms with Crippen LogP contribution in [-0.4, -0.2) is 23.6 Å². The highest BCUT2D eigenvalue weighted by molar-refractivity contribution is 8.00. The number of anilines is 2. The quantitative estimate of drug-likeness (QED) is 0.675. The maximum atomic E-state index is 12.3. The van der Waals surface area contributed by atoms with Crippen LogP contribution in [0.3, 0.4) is 0 Å². The zero-order valence-corrected chi connectivity index (χ0v) is 14.5. The molecule has 0 radical (unpaired) electrons. The summed E-state index contributed by atoms with van der Waals surface area (Å²) < 4.78 is 0. The summed E-state index contributed by atoms with van der Waals surface area (Å²) in [6.45, 7) is 3.79. The Balaban J connectivity index is 2.00. The van der Waals surface area contributed by atoms with Crippen LogP contribution < -0.4 is 16.4 Å². The van der Waals surface area contributed by atoms with Crippen LogP contribution in [0.4, 0.5) is 11.4 Å². The largest absolute Gasteiger partial charge is 0.373 e. The van der Waals surface area contributed by atoms with Crippen molar-refractivity contribution in [1.82, 2.24) is 0 Å².